The van der Waals surface area contributed by atoms with E-state index in [0.29, 0.717) is 0 Å². The first-order valence-electron chi connectivity index (χ1n) is 5.80. The summed E-state index contributed by atoms with van der Waals surface area (Å²) in [5.41, 5.74) is -0.128. The van der Waals surface area contributed by atoms with Crippen LogP contribution in [0.4, 0.5) is 0 Å². The van der Waals surface area contributed by atoms with E-state index < -0.39 is 17.9 Å². The predicted octanol–water partition coefficient (Wildman–Crippen LogP) is -0.221. The van der Waals surface area contributed by atoms with Crippen LogP contribution in [0.1, 0.15) is 31.1 Å². The molecule has 0 amide bonds. The average molecular weight is 284 g/mol. The number of carboxylic acid groups (broad SMARTS) is 3. The molecule has 0 bridgehead atoms. The third-order valence-corrected chi connectivity index (χ3v) is 2.89. The second-order valence-corrected chi connectivity index (χ2v) is 4.22. The molecule has 0 saturated heterocycles. The number of carboxylic acids is 3. The molecule has 0 heterocycles. The van der Waals surface area contributed by atoms with Gasteiger partial charge in [0.25, 0.3) is 0 Å². The van der Waals surface area contributed by atoms with Gasteiger partial charge in [-0.25, -0.2) is 4.79 Å². The summed E-state index contributed by atoms with van der Waals surface area (Å²) in [6.45, 7) is 0. The highest BCUT2D eigenvalue weighted by Crippen LogP contribution is 2.26. The van der Waals surface area contributed by atoms with Gasteiger partial charge in [0.1, 0.15) is 0 Å². The maximum Gasteiger partial charge on any atom is 0.336 e. The van der Waals surface area contributed by atoms with E-state index in [2.05, 4.69) is 0 Å². The molecule has 0 aliphatic heterocycles. The van der Waals surface area contributed by atoms with Crippen LogP contribution in [-0.4, -0.2) is 23.0 Å². The summed E-state index contributed by atoms with van der Waals surface area (Å²) >= 11 is 0. The number of rotatable bonds is 4. The number of hydrogen-bond donors (Lipinski definition) is 1. The Bertz CT molecular complexity index is 748. The lowest BCUT2D eigenvalue weighted by Gasteiger charge is -2.11. The van der Waals surface area contributed by atoms with Crippen LogP contribution in [0.3, 0.4) is 0 Å². The van der Waals surface area contributed by atoms with Gasteiger partial charge in [-0.15, -0.1) is 0 Å². The van der Waals surface area contributed by atoms with Crippen molar-refractivity contribution in [3.8, 4) is 11.1 Å². The average Bonchev–Trinajstić information content (AvgIpc) is 2.46. The number of benzene rings is 2. The van der Waals surface area contributed by atoms with Crippen molar-refractivity contribution in [3.63, 3.8) is 0 Å². The smallest absolute Gasteiger partial charge is 0.336 e. The van der Waals surface area contributed by atoms with Gasteiger partial charge in [-0.05, 0) is 40.5 Å². The standard InChI is InChI=1S/C15H10O6/c16-13(17)9-3-1-2-8(6-9)12-7-10(14(18)19)4-5-11(12)15(20)21/h1-7H,(H,16,17)(H,18,19)(H,20,21)/p-2. The number of aromatic carboxylic acids is 3. The van der Waals surface area contributed by atoms with Crippen molar-refractivity contribution in [3.05, 3.63) is 59.2 Å². The molecule has 21 heavy (non-hydrogen) atoms. The molecule has 2 rings (SSSR count). The number of hydrogen-bond acceptors (Lipinski definition) is 5. The van der Waals surface area contributed by atoms with Crippen LogP contribution in [0.15, 0.2) is 42.5 Å². The zero-order valence-electron chi connectivity index (χ0n) is 10.5. The SMILES string of the molecule is O=C([O-])c1cccc(-c2cc(C(=O)[O-])ccc2C(=O)O)c1. The lowest BCUT2D eigenvalue weighted by atomic mass is 9.96. The summed E-state index contributed by atoms with van der Waals surface area (Å²) in [6.07, 6.45) is 0. The van der Waals surface area contributed by atoms with Crippen molar-refractivity contribution >= 4 is 17.9 Å². The second-order valence-electron chi connectivity index (χ2n) is 4.22. The van der Waals surface area contributed by atoms with Crippen molar-refractivity contribution in [2.24, 2.45) is 0 Å². The summed E-state index contributed by atoms with van der Waals surface area (Å²) < 4.78 is 0. The van der Waals surface area contributed by atoms with Gasteiger partial charge in [0.15, 0.2) is 0 Å². The molecule has 0 aromatic heterocycles. The maximum atomic E-state index is 11.2. The van der Waals surface area contributed by atoms with Gasteiger partial charge < -0.3 is 24.9 Å². The molecule has 106 valence electrons. The van der Waals surface area contributed by atoms with Crippen LogP contribution < -0.4 is 10.2 Å². The molecule has 0 atom stereocenters. The van der Waals surface area contributed by atoms with Crippen LogP contribution in [-0.2, 0) is 0 Å². The lowest BCUT2D eigenvalue weighted by Crippen LogP contribution is -2.22. The van der Waals surface area contributed by atoms with E-state index in [1.165, 1.54) is 24.3 Å². The van der Waals surface area contributed by atoms with Crippen LogP contribution in [0.25, 0.3) is 11.1 Å². The van der Waals surface area contributed by atoms with Crippen LogP contribution in [0, 0.1) is 0 Å². The summed E-state index contributed by atoms with van der Waals surface area (Å²) in [7, 11) is 0. The molecule has 0 fully saturated rings. The van der Waals surface area contributed by atoms with Crippen molar-refractivity contribution < 1.29 is 29.7 Å². The highest BCUT2D eigenvalue weighted by Gasteiger charge is 2.13. The van der Waals surface area contributed by atoms with Crippen LogP contribution in [0.2, 0.25) is 0 Å². The molecule has 6 nitrogen and oxygen atoms in total. The van der Waals surface area contributed by atoms with E-state index in [1.54, 1.807) is 0 Å². The fourth-order valence-corrected chi connectivity index (χ4v) is 1.91. The Morgan fingerprint density at radius 1 is 0.857 bits per heavy atom. The van der Waals surface area contributed by atoms with E-state index in [4.69, 9.17) is 5.11 Å². The zero-order valence-corrected chi connectivity index (χ0v) is 10.5. The summed E-state index contributed by atoms with van der Waals surface area (Å²) in [5, 5.41) is 30.9. The van der Waals surface area contributed by atoms with Gasteiger partial charge in [0.05, 0.1) is 17.5 Å². The topological polar surface area (TPSA) is 118 Å². The Morgan fingerprint density at radius 2 is 1.48 bits per heavy atom. The molecule has 1 N–H and O–H groups in total. The fourth-order valence-electron chi connectivity index (χ4n) is 1.91. The number of carbonyl (C=O) groups excluding carboxylic acids is 2. The molecule has 0 radical (unpaired) electrons. The molecule has 0 unspecified atom stereocenters. The number of carbonyl (C=O) groups is 3. The largest absolute Gasteiger partial charge is 0.545 e. The van der Waals surface area contributed by atoms with Crippen molar-refractivity contribution in [2.75, 3.05) is 0 Å². The first-order chi connectivity index (χ1) is 9.90. The quantitative estimate of drug-likeness (QED) is 0.829. The molecule has 0 aliphatic carbocycles. The normalized spacial score (nSPS) is 10.1. The van der Waals surface area contributed by atoms with Gasteiger partial charge in [0, 0.05) is 0 Å². The second kappa shape index (κ2) is 5.46. The molecule has 0 saturated carbocycles. The first kappa shape index (κ1) is 14.3. The summed E-state index contributed by atoms with van der Waals surface area (Å²) in [6, 6.07) is 8.79. The van der Waals surface area contributed by atoms with E-state index >= 15 is 0 Å². The Hall–Kier alpha value is -3.15. The Labute approximate surface area is 118 Å². The molecule has 6 heteroatoms. The molecular formula is C15H8O6-2. The molecular weight excluding hydrogens is 276 g/mol. The minimum Gasteiger partial charge on any atom is -0.545 e. The molecule has 2 aromatic rings. The van der Waals surface area contributed by atoms with E-state index in [9.17, 15) is 24.6 Å². The summed E-state index contributed by atoms with van der Waals surface area (Å²) in [5.74, 6) is -4.12. The minimum absolute atomic E-state index is 0.0901. The van der Waals surface area contributed by atoms with Crippen molar-refractivity contribution in [1.82, 2.24) is 0 Å². The van der Waals surface area contributed by atoms with Gasteiger partial charge in [0.2, 0.25) is 0 Å². The molecule has 0 spiro atoms. The van der Waals surface area contributed by atoms with Gasteiger partial charge in [-0.3, -0.25) is 0 Å². The maximum absolute atomic E-state index is 11.2. The van der Waals surface area contributed by atoms with Gasteiger partial charge >= 0.3 is 5.97 Å². The van der Waals surface area contributed by atoms with Crippen LogP contribution >= 0.6 is 0 Å². The Morgan fingerprint density at radius 3 is 2.05 bits per heavy atom. The monoisotopic (exact) mass is 284 g/mol. The summed E-state index contributed by atoms with van der Waals surface area (Å²) in [4.78, 5) is 32.9. The lowest BCUT2D eigenvalue weighted by molar-refractivity contribution is -0.256. The molecule has 2 aromatic carbocycles. The minimum atomic E-state index is -1.45. The van der Waals surface area contributed by atoms with Gasteiger partial charge in [-0.2, -0.15) is 0 Å². The van der Waals surface area contributed by atoms with E-state index in [-0.39, 0.29) is 27.8 Å². The van der Waals surface area contributed by atoms with Crippen molar-refractivity contribution in [1.29, 1.82) is 0 Å². The fraction of sp³-hybridized carbons (Fsp3) is 0. The molecule has 0 aliphatic rings. The van der Waals surface area contributed by atoms with Crippen LogP contribution in [0.5, 0.6) is 0 Å². The third kappa shape index (κ3) is 2.89. The first-order valence-corrected chi connectivity index (χ1v) is 5.80. The van der Waals surface area contributed by atoms with E-state index in [1.807, 2.05) is 0 Å². The Balaban J connectivity index is 2.68. The van der Waals surface area contributed by atoms with Gasteiger partial charge in [-0.1, -0.05) is 24.3 Å². The zero-order chi connectivity index (χ0) is 15.6. The highest BCUT2D eigenvalue weighted by atomic mass is 16.4. The van der Waals surface area contributed by atoms with E-state index in [0.717, 1.165) is 18.2 Å². The third-order valence-electron chi connectivity index (χ3n) is 2.89. The highest BCUT2D eigenvalue weighted by molar-refractivity contribution is 5.99. The van der Waals surface area contributed by atoms with Crippen molar-refractivity contribution in [2.45, 2.75) is 0 Å². The predicted molar refractivity (Wildman–Crippen MR) is 67.5 cm³/mol. The Kier molecular flexibility index (Phi) is 3.71.